The van der Waals surface area contributed by atoms with Crippen LogP contribution in [0.25, 0.3) is 0 Å². The molecule has 0 radical (unpaired) electrons. The Morgan fingerprint density at radius 3 is 0.305 bits per heavy atom. The minimum Gasteiger partial charge on any atom is -0.854 e. The molecule has 0 aromatic rings. The maximum Gasteiger partial charge on any atom is 4.00 e. The number of rotatable bonds is 72. The summed E-state index contributed by atoms with van der Waals surface area (Å²) in [4.78, 5) is 94.9. The average Bonchev–Trinajstić information content (AvgIpc) is 0.982. The first-order chi connectivity index (χ1) is 49.1. The van der Waals surface area contributed by atoms with Gasteiger partial charge in [0.25, 0.3) is 0 Å². The van der Waals surface area contributed by atoms with Gasteiger partial charge in [-0.3, -0.25) is 0 Å². The molecule has 0 aromatic carbocycles. The summed E-state index contributed by atoms with van der Waals surface area (Å²) in [6.45, 7) is 17.9. The summed E-state index contributed by atoms with van der Waals surface area (Å²) in [7, 11) is -2.19. The van der Waals surface area contributed by atoms with E-state index in [9.17, 15) is 39.1 Å². The molecule has 634 valence electrons. The number of hydrogen-bond acceptors (Lipinski definition) is 14. The van der Waals surface area contributed by atoms with Crippen molar-refractivity contribution < 1.29 is 107 Å². The van der Waals surface area contributed by atoms with Gasteiger partial charge in [0.05, 0.1) is 0 Å². The zero-order valence-corrected chi connectivity index (χ0v) is 86.2. The third-order valence-electron chi connectivity index (χ3n) is 19.1. The Morgan fingerprint density at radius 1 is 0.171 bits per heavy atom. The van der Waals surface area contributed by atoms with Crippen molar-refractivity contribution in [2.45, 2.75) is 466 Å². The van der Waals surface area contributed by atoms with Crippen molar-refractivity contribution in [2.75, 3.05) is 46.0 Å². The molecule has 0 aromatic heterocycles. The third-order valence-corrected chi connectivity index (χ3v) is 47.3. The van der Waals surface area contributed by atoms with E-state index in [0.29, 0.717) is 0 Å². The van der Waals surface area contributed by atoms with Crippen molar-refractivity contribution in [3.63, 3.8) is 0 Å². The summed E-state index contributed by atoms with van der Waals surface area (Å²) in [5.74, 6) is 6.52. The molecule has 0 saturated carbocycles. The van der Waals surface area contributed by atoms with Gasteiger partial charge < -0.3 is 111 Å². The SMILES string of the molecule is CCCCCCCCCCS(CCCCCCCCCC)=P([O-])([O-])[S-].CCCCCCCCCCS(CCCCCCCCCC)=P([O-])([O-])[S-].CCCCCCCCCCS(CCCCCCCCCC)=P([O-])([O-])[S-].CCCCCCCCCCS(CCCCCCCCCC)=P([O-])([O-])[S-].O=S.[Mo+4].[Mo+4].[Mo+4]. The zero-order valence-electron chi connectivity index (χ0n) is 69.3. The summed E-state index contributed by atoms with van der Waals surface area (Å²) in [5, 5.41) is 0. The second-order valence-electron chi connectivity index (χ2n) is 29.1. The van der Waals surface area contributed by atoms with E-state index < -0.39 is 63.1 Å². The monoisotopic (exact) mass is 1980 g/mol. The molecule has 0 spiro atoms. The van der Waals surface area contributed by atoms with E-state index in [1.807, 2.05) is 0 Å². The fraction of sp³-hybridized carbons (Fsp3) is 1.00. The molecule has 0 bridgehead atoms. The second-order valence-corrected chi connectivity index (χ2v) is 60.1. The Labute approximate surface area is 735 Å². The van der Waals surface area contributed by atoms with Crippen molar-refractivity contribution in [1.82, 2.24) is 0 Å². The summed E-state index contributed by atoms with van der Waals surface area (Å²) in [6.07, 6.45) is 80.6. The largest absolute Gasteiger partial charge is 4.00 e. The van der Waals surface area contributed by atoms with Crippen LogP contribution in [0.3, 0.4) is 0 Å². The van der Waals surface area contributed by atoms with Gasteiger partial charge in [0, 0.05) is 0 Å². The predicted molar refractivity (Wildman–Crippen MR) is 475 cm³/mol. The zero-order chi connectivity index (χ0) is 77.2. The first kappa shape index (κ1) is 127. The molecule has 0 saturated heterocycles. The Balaban J connectivity index is -0.000000196. The molecule has 105 heavy (non-hydrogen) atoms. The van der Waals surface area contributed by atoms with E-state index in [-0.39, 0.29) is 63.2 Å². The van der Waals surface area contributed by atoms with Crippen LogP contribution < -0.4 is 39.1 Å². The number of unbranched alkanes of at least 4 members (excludes halogenated alkanes) is 56. The predicted octanol–water partition coefficient (Wildman–Crippen LogP) is 23.0. The van der Waals surface area contributed by atoms with Gasteiger partial charge in [-0.25, -0.2) is 40.3 Å². The van der Waals surface area contributed by atoms with Gasteiger partial charge in [0.1, 0.15) is 0 Å². The van der Waals surface area contributed by atoms with E-state index in [4.69, 9.17) is 53.2 Å². The maximum absolute atomic E-state index is 11.9. The van der Waals surface area contributed by atoms with Crippen LogP contribution in [0.15, 0.2) is 0 Å². The Kier molecular flexibility index (Phi) is 122. The fourth-order valence-corrected chi connectivity index (χ4v) is 33.3. The van der Waals surface area contributed by atoms with Gasteiger partial charge in [0.15, 0.2) is 12.5 Å². The van der Waals surface area contributed by atoms with E-state index >= 15 is 0 Å². The van der Waals surface area contributed by atoms with Gasteiger partial charge in [-0.05, 0) is 97.4 Å². The molecule has 0 aliphatic carbocycles. The van der Waals surface area contributed by atoms with Crippen LogP contribution in [0.5, 0.6) is 0 Å². The van der Waals surface area contributed by atoms with Gasteiger partial charge in [-0.1, -0.05) is 415 Å². The molecule has 0 amide bonds. The average molecular weight is 1970 g/mol. The minimum absolute atomic E-state index is 0. The van der Waals surface area contributed by atoms with Crippen LogP contribution >= 0.6 is 22.8 Å². The molecule has 0 aliphatic heterocycles. The van der Waals surface area contributed by atoms with Gasteiger partial charge in [0.2, 0.25) is 0 Å². The van der Waals surface area contributed by atoms with Crippen molar-refractivity contribution in [3.8, 4) is 0 Å². The van der Waals surface area contributed by atoms with Gasteiger partial charge >= 0.3 is 63.2 Å². The smallest absolute Gasteiger partial charge is 0.854 e. The van der Waals surface area contributed by atoms with Crippen LogP contribution in [-0.4, -0.2) is 50.2 Å². The topological polar surface area (TPSA) is 202 Å². The Bertz CT molecular complexity index is 1560. The van der Waals surface area contributed by atoms with Crippen LogP contribution in [0.4, 0.5) is 0 Å². The molecule has 0 N–H and O–H groups in total. The van der Waals surface area contributed by atoms with E-state index in [1.165, 1.54) is 360 Å². The summed E-state index contributed by atoms with van der Waals surface area (Å²) in [6, 6.07) is 0. The summed E-state index contributed by atoms with van der Waals surface area (Å²) >= 11 is 22.1. The van der Waals surface area contributed by atoms with Crippen LogP contribution in [0.2, 0.25) is 0 Å². The molecule has 9 nitrogen and oxygen atoms in total. The molecule has 0 atom stereocenters. The molecular weight excluding hydrogens is 1810 g/mol. The summed E-state index contributed by atoms with van der Waals surface area (Å²) < 4.78 is 7.83. The van der Waals surface area contributed by atoms with Crippen LogP contribution in [0.1, 0.15) is 466 Å². The molecule has 0 rings (SSSR count). The quantitative estimate of drug-likeness (QED) is 0.0241. The Morgan fingerprint density at radius 2 is 0.238 bits per heavy atom. The summed E-state index contributed by atoms with van der Waals surface area (Å²) in [5.41, 5.74) is -14.2. The maximum atomic E-state index is 11.9. The van der Waals surface area contributed by atoms with E-state index in [0.717, 1.165) is 97.4 Å². The van der Waals surface area contributed by atoms with Crippen molar-refractivity contribution >= 4 is 125 Å². The fourth-order valence-electron chi connectivity index (χ4n) is 12.5. The number of hydrogen-bond donors (Lipinski definition) is 0. The van der Waals surface area contributed by atoms with E-state index in [1.54, 1.807) is 0 Å². The van der Waals surface area contributed by atoms with Crippen molar-refractivity contribution in [3.05, 3.63) is 0 Å². The molecular formula is C80H168Mo3O9P4S9. The molecule has 0 fully saturated rings. The molecule has 0 heterocycles. The van der Waals surface area contributed by atoms with Crippen LogP contribution in [0, 0.1) is 0 Å². The first-order valence-electron chi connectivity index (χ1n) is 43.1. The minimum atomic E-state index is -3.56. The molecule has 0 unspecified atom stereocenters. The second kappa shape index (κ2) is 101. The van der Waals surface area contributed by atoms with Crippen LogP contribution in [-0.2, 0) is 165 Å². The molecule has 0 aliphatic rings. The van der Waals surface area contributed by atoms with E-state index in [2.05, 4.69) is 67.9 Å². The normalized spacial score (nSPS) is 11.7. The standard InChI is InChI=1S/4C20H42O2PS2.3Mo.OS/c4*1-3-5-7-9-11-13-15-17-19-25(23(21,22)24)20-18-16-14-12-10-8-6-4-2;;;;1-2/h4*3-20H2,1-2H3;;;;/q4*-3;3*+4;. The molecule has 25 heteroatoms. The van der Waals surface area contributed by atoms with Crippen molar-refractivity contribution in [2.24, 2.45) is 0 Å². The van der Waals surface area contributed by atoms with Gasteiger partial charge in [-0.2, -0.15) is 4.21 Å². The Hall–Kier alpha value is 6.28. The van der Waals surface area contributed by atoms with Crippen molar-refractivity contribution in [1.29, 1.82) is 0 Å². The van der Waals surface area contributed by atoms with Gasteiger partial charge in [-0.15, -0.1) is 0 Å². The third kappa shape index (κ3) is 106. The first-order valence-corrected chi connectivity index (χ1v) is 62.6.